The van der Waals surface area contributed by atoms with Crippen molar-refractivity contribution in [3.8, 4) is 17.6 Å². The Labute approximate surface area is 126 Å². The van der Waals surface area contributed by atoms with Crippen LogP contribution < -0.4 is 4.74 Å². The molecule has 0 heterocycles. The fraction of sp³-hybridized carbons (Fsp3) is 0.529. The first-order valence-corrected chi connectivity index (χ1v) is 7.40. The van der Waals surface area contributed by atoms with Gasteiger partial charge in [-0.1, -0.05) is 11.8 Å². The van der Waals surface area contributed by atoms with Gasteiger partial charge >= 0.3 is 0 Å². The molecular weight excluding hydrogens is 266 g/mol. The maximum absolute atomic E-state index is 9.20. The lowest BCUT2D eigenvalue weighted by Gasteiger charge is -2.22. The lowest BCUT2D eigenvalue weighted by Crippen LogP contribution is -2.28. The van der Waals surface area contributed by atoms with Gasteiger partial charge in [0.25, 0.3) is 0 Å². The van der Waals surface area contributed by atoms with E-state index in [1.165, 1.54) is 12.8 Å². The number of methoxy groups -OCH3 is 1. The van der Waals surface area contributed by atoms with Crippen LogP contribution in [0.4, 0.5) is 0 Å². The van der Waals surface area contributed by atoms with Crippen molar-refractivity contribution in [1.29, 1.82) is 0 Å². The molecule has 1 aliphatic rings. The Morgan fingerprint density at radius 3 is 2.71 bits per heavy atom. The molecule has 0 unspecified atom stereocenters. The van der Waals surface area contributed by atoms with Crippen molar-refractivity contribution in [3.63, 3.8) is 0 Å². The topological polar surface area (TPSA) is 52.9 Å². The van der Waals surface area contributed by atoms with Gasteiger partial charge < -0.3 is 14.9 Å². The van der Waals surface area contributed by atoms with Crippen LogP contribution in [0.15, 0.2) is 18.2 Å². The van der Waals surface area contributed by atoms with Crippen molar-refractivity contribution < 1.29 is 14.9 Å². The molecule has 2 N–H and O–H groups in total. The van der Waals surface area contributed by atoms with E-state index in [4.69, 9.17) is 9.84 Å². The van der Waals surface area contributed by atoms with Crippen molar-refractivity contribution in [2.45, 2.75) is 31.8 Å². The van der Waals surface area contributed by atoms with Crippen LogP contribution in [0.1, 0.15) is 30.4 Å². The van der Waals surface area contributed by atoms with Crippen molar-refractivity contribution in [1.82, 2.24) is 4.90 Å². The van der Waals surface area contributed by atoms with Crippen molar-refractivity contribution in [2.75, 3.05) is 26.9 Å². The maximum Gasteiger partial charge on any atom is 0.123 e. The number of benzene rings is 1. The lowest BCUT2D eigenvalue weighted by atomic mass is 10.1. The van der Waals surface area contributed by atoms with E-state index in [1.54, 1.807) is 7.11 Å². The fourth-order valence-corrected chi connectivity index (χ4v) is 2.38. The zero-order valence-corrected chi connectivity index (χ0v) is 12.5. The molecule has 0 saturated heterocycles. The van der Waals surface area contributed by atoms with E-state index in [2.05, 4.69) is 16.7 Å². The van der Waals surface area contributed by atoms with Gasteiger partial charge in [-0.25, -0.2) is 0 Å². The summed E-state index contributed by atoms with van der Waals surface area (Å²) in [6.45, 7) is 1.72. The van der Waals surface area contributed by atoms with E-state index < -0.39 is 0 Å². The van der Waals surface area contributed by atoms with Gasteiger partial charge in [-0.05, 0) is 31.0 Å². The minimum atomic E-state index is 0.0853. The number of rotatable bonds is 7. The normalized spacial score (nSPS) is 13.9. The SMILES string of the molecule is COc1ccc(C#CCCO)cc1CN(CCO)C1CC1. The van der Waals surface area contributed by atoms with Gasteiger partial charge in [-0.2, -0.15) is 0 Å². The maximum atomic E-state index is 9.20. The molecule has 0 aliphatic heterocycles. The van der Waals surface area contributed by atoms with E-state index in [-0.39, 0.29) is 13.2 Å². The van der Waals surface area contributed by atoms with Gasteiger partial charge in [0.1, 0.15) is 5.75 Å². The number of nitrogens with zero attached hydrogens (tertiary/aromatic N) is 1. The second kappa shape index (κ2) is 8.04. The fourth-order valence-electron chi connectivity index (χ4n) is 2.38. The van der Waals surface area contributed by atoms with Crippen LogP contribution in [-0.4, -0.2) is 48.0 Å². The highest BCUT2D eigenvalue weighted by molar-refractivity contribution is 5.44. The van der Waals surface area contributed by atoms with Gasteiger partial charge in [0, 0.05) is 36.7 Å². The predicted molar refractivity (Wildman–Crippen MR) is 82.1 cm³/mol. The molecule has 4 heteroatoms. The molecule has 4 nitrogen and oxygen atoms in total. The van der Waals surface area contributed by atoms with Crippen LogP contribution in [0, 0.1) is 11.8 Å². The average molecular weight is 289 g/mol. The Bertz CT molecular complexity index is 515. The van der Waals surface area contributed by atoms with E-state index in [1.807, 2.05) is 18.2 Å². The van der Waals surface area contributed by atoms with E-state index >= 15 is 0 Å². The molecule has 1 aromatic carbocycles. The molecule has 0 spiro atoms. The molecule has 0 amide bonds. The van der Waals surface area contributed by atoms with Gasteiger partial charge in [0.2, 0.25) is 0 Å². The van der Waals surface area contributed by atoms with E-state index in [0.717, 1.165) is 23.4 Å². The first-order valence-electron chi connectivity index (χ1n) is 7.40. The monoisotopic (exact) mass is 289 g/mol. The second-order valence-electron chi connectivity index (χ2n) is 5.23. The summed E-state index contributed by atoms with van der Waals surface area (Å²) in [7, 11) is 1.67. The smallest absolute Gasteiger partial charge is 0.123 e. The number of ether oxygens (including phenoxy) is 1. The van der Waals surface area contributed by atoms with Gasteiger partial charge in [-0.3, -0.25) is 4.90 Å². The molecule has 0 bridgehead atoms. The van der Waals surface area contributed by atoms with E-state index in [9.17, 15) is 5.11 Å². The summed E-state index contributed by atoms with van der Waals surface area (Å²) in [4.78, 5) is 2.29. The van der Waals surface area contributed by atoms with Crippen LogP contribution in [0.25, 0.3) is 0 Å². The Morgan fingerprint density at radius 1 is 1.29 bits per heavy atom. The third-order valence-electron chi connectivity index (χ3n) is 3.57. The Hall–Kier alpha value is -1.54. The quantitative estimate of drug-likeness (QED) is 0.745. The van der Waals surface area contributed by atoms with Gasteiger partial charge in [0.15, 0.2) is 0 Å². The number of aliphatic hydroxyl groups excluding tert-OH is 2. The third-order valence-corrected chi connectivity index (χ3v) is 3.57. The molecule has 1 saturated carbocycles. The van der Waals surface area contributed by atoms with Crippen LogP contribution in [0.5, 0.6) is 5.75 Å². The van der Waals surface area contributed by atoms with Crippen molar-refractivity contribution in [3.05, 3.63) is 29.3 Å². The van der Waals surface area contributed by atoms with Crippen LogP contribution in [-0.2, 0) is 6.54 Å². The van der Waals surface area contributed by atoms with Gasteiger partial charge in [0.05, 0.1) is 20.3 Å². The Kier molecular flexibility index (Phi) is 6.06. The lowest BCUT2D eigenvalue weighted by molar-refractivity contribution is 0.182. The zero-order chi connectivity index (χ0) is 15.1. The first-order chi connectivity index (χ1) is 10.3. The molecule has 21 heavy (non-hydrogen) atoms. The predicted octanol–water partition coefficient (Wildman–Crippen LogP) is 1.39. The molecule has 0 atom stereocenters. The molecule has 1 fully saturated rings. The average Bonchev–Trinajstić information content (AvgIpc) is 3.32. The minimum absolute atomic E-state index is 0.0853. The Morgan fingerprint density at radius 2 is 2.10 bits per heavy atom. The van der Waals surface area contributed by atoms with Crippen molar-refractivity contribution in [2.24, 2.45) is 0 Å². The molecule has 1 aliphatic carbocycles. The summed E-state index contributed by atoms with van der Waals surface area (Å²) < 4.78 is 5.43. The number of hydrogen-bond donors (Lipinski definition) is 2. The summed E-state index contributed by atoms with van der Waals surface area (Å²) in [6.07, 6.45) is 2.90. The van der Waals surface area contributed by atoms with Crippen molar-refractivity contribution >= 4 is 0 Å². The highest BCUT2D eigenvalue weighted by atomic mass is 16.5. The molecule has 2 rings (SSSR count). The van der Waals surface area contributed by atoms with E-state index in [0.29, 0.717) is 19.0 Å². The summed E-state index contributed by atoms with van der Waals surface area (Å²) in [6, 6.07) is 6.49. The first kappa shape index (κ1) is 15.8. The molecule has 0 aromatic heterocycles. The summed E-state index contributed by atoms with van der Waals surface area (Å²) >= 11 is 0. The summed E-state index contributed by atoms with van der Waals surface area (Å²) in [5, 5.41) is 18.0. The molecule has 1 aromatic rings. The molecule has 0 radical (unpaired) electrons. The standard InChI is InChI=1S/C17H23NO3/c1-21-17-8-5-14(4-2-3-10-19)12-15(17)13-18(9-11-20)16-6-7-16/h5,8,12,16,19-20H,3,6-7,9-11,13H2,1H3. The largest absolute Gasteiger partial charge is 0.496 e. The molecular formula is C17H23NO3. The zero-order valence-electron chi connectivity index (χ0n) is 12.5. The third kappa shape index (κ3) is 4.75. The number of aliphatic hydroxyl groups is 2. The van der Waals surface area contributed by atoms with Crippen LogP contribution >= 0.6 is 0 Å². The summed E-state index contributed by atoms with van der Waals surface area (Å²) in [5.74, 6) is 6.84. The summed E-state index contributed by atoms with van der Waals surface area (Å²) in [5.41, 5.74) is 2.02. The van der Waals surface area contributed by atoms with Crippen LogP contribution in [0.2, 0.25) is 0 Å². The van der Waals surface area contributed by atoms with Gasteiger partial charge in [-0.15, -0.1) is 0 Å². The second-order valence-corrected chi connectivity index (χ2v) is 5.23. The molecule has 114 valence electrons. The highest BCUT2D eigenvalue weighted by Crippen LogP contribution is 2.30. The highest BCUT2D eigenvalue weighted by Gasteiger charge is 2.29. The Balaban J connectivity index is 2.15. The van der Waals surface area contributed by atoms with Crippen LogP contribution in [0.3, 0.4) is 0 Å². The number of hydrogen-bond acceptors (Lipinski definition) is 4. The minimum Gasteiger partial charge on any atom is -0.496 e.